The van der Waals surface area contributed by atoms with Crippen LogP contribution in [0.15, 0.2) is 101 Å². The summed E-state index contributed by atoms with van der Waals surface area (Å²) in [4.78, 5) is 31.4. The molecule has 0 aliphatic carbocycles. The van der Waals surface area contributed by atoms with Gasteiger partial charge in [-0.2, -0.15) is 13.2 Å². The largest absolute Gasteiger partial charge is 0.466 e. The number of carbonyl (C=O) groups is 2. The second kappa shape index (κ2) is 15.4. The molecule has 2 N–H and O–H groups in total. The van der Waals surface area contributed by atoms with Crippen molar-refractivity contribution in [1.29, 1.82) is 0 Å². The van der Waals surface area contributed by atoms with Crippen molar-refractivity contribution in [3.05, 3.63) is 129 Å². The molecule has 3 aromatic carbocycles. The van der Waals surface area contributed by atoms with Crippen LogP contribution in [0.25, 0.3) is 0 Å². The van der Waals surface area contributed by atoms with Gasteiger partial charge in [0.25, 0.3) is 0 Å². The van der Waals surface area contributed by atoms with Gasteiger partial charge in [0.1, 0.15) is 0 Å². The van der Waals surface area contributed by atoms with Crippen molar-refractivity contribution in [2.24, 2.45) is 0 Å². The number of halogens is 4. The molecule has 1 fully saturated rings. The Labute approximate surface area is 284 Å². The smallest absolute Gasteiger partial charge is 0.416 e. The minimum Gasteiger partial charge on any atom is -0.466 e. The highest BCUT2D eigenvalue weighted by Crippen LogP contribution is 2.41. The molecule has 7 nitrogen and oxygen atoms in total. The van der Waals surface area contributed by atoms with Crippen LogP contribution >= 0.6 is 11.6 Å². The molecule has 0 bridgehead atoms. The number of nitrogens with one attached hydrogen (secondary N) is 2. The van der Waals surface area contributed by atoms with E-state index in [1.165, 1.54) is 30.4 Å². The Hall–Kier alpha value is -4.12. The molecule has 0 radical (unpaired) electrons. The molecular formula is C37H40ClF3N4O3. The lowest BCUT2D eigenvalue weighted by atomic mass is 9.79. The summed E-state index contributed by atoms with van der Waals surface area (Å²) in [6.45, 7) is 7.91. The number of ether oxygens (including phenoxy) is 1. The maximum Gasteiger partial charge on any atom is 0.416 e. The van der Waals surface area contributed by atoms with E-state index in [1.807, 2.05) is 18.2 Å². The van der Waals surface area contributed by atoms with Crippen LogP contribution in [-0.4, -0.2) is 68.1 Å². The summed E-state index contributed by atoms with van der Waals surface area (Å²) in [6, 6.07) is 23.3. The normalized spacial score (nSPS) is 18.4. The molecule has 1 saturated heterocycles. The van der Waals surface area contributed by atoms with E-state index in [9.17, 15) is 22.8 Å². The van der Waals surface area contributed by atoms with Crippen LogP contribution in [0.5, 0.6) is 0 Å². The van der Waals surface area contributed by atoms with Crippen LogP contribution in [-0.2, 0) is 20.5 Å². The zero-order valence-corrected chi connectivity index (χ0v) is 28.0. The van der Waals surface area contributed by atoms with E-state index in [0.29, 0.717) is 29.4 Å². The van der Waals surface area contributed by atoms with Gasteiger partial charge in [0, 0.05) is 54.7 Å². The summed E-state index contributed by atoms with van der Waals surface area (Å²) in [5.41, 5.74) is 2.89. The number of dihydropyridines is 1. The number of hydrogen-bond donors (Lipinski definition) is 2. The zero-order chi connectivity index (χ0) is 34.4. The Bertz CT molecular complexity index is 1670. The first-order valence-electron chi connectivity index (χ1n) is 16.0. The highest BCUT2D eigenvalue weighted by Gasteiger charge is 2.38. The fraction of sp³-hybridized carbons (Fsp3) is 0.351. The molecule has 2 unspecified atom stereocenters. The van der Waals surface area contributed by atoms with E-state index in [1.54, 1.807) is 13.8 Å². The van der Waals surface area contributed by atoms with Gasteiger partial charge in [-0.15, -0.1) is 0 Å². The standard InChI is InChI=1S/C37H40ClF3N4O3/c1-24-31(33(32(25(2)43-24)36(47)48-3)28-11-7-12-29(23-28)37(39,40)41)35(46)42-17-8-18-44-19-21-45(22-20-44)34(26-9-5-4-6-10-26)27-13-15-30(38)16-14-27/h4-7,9-16,23,33-34,43H,8,17-22H2,1-3H3,(H,42,46). The Morgan fingerprint density at radius 1 is 0.917 bits per heavy atom. The van der Waals surface area contributed by atoms with Gasteiger partial charge in [0.15, 0.2) is 0 Å². The Balaban J connectivity index is 1.22. The molecular weight excluding hydrogens is 641 g/mol. The summed E-state index contributed by atoms with van der Waals surface area (Å²) in [6.07, 6.45) is -3.91. The molecule has 2 aliphatic heterocycles. The second-order valence-corrected chi connectivity index (χ2v) is 12.5. The third-order valence-electron chi connectivity index (χ3n) is 8.97. The first-order chi connectivity index (χ1) is 23.0. The molecule has 48 heavy (non-hydrogen) atoms. The Kier molecular flexibility index (Phi) is 11.3. The van der Waals surface area contributed by atoms with E-state index in [4.69, 9.17) is 16.3 Å². The van der Waals surface area contributed by atoms with E-state index in [-0.39, 0.29) is 22.8 Å². The van der Waals surface area contributed by atoms with Gasteiger partial charge in [-0.3, -0.25) is 9.69 Å². The number of methoxy groups -OCH3 is 1. The summed E-state index contributed by atoms with van der Waals surface area (Å²) < 4.78 is 45.9. The third kappa shape index (κ3) is 8.11. The van der Waals surface area contributed by atoms with Crippen molar-refractivity contribution >= 4 is 23.5 Å². The van der Waals surface area contributed by atoms with Crippen molar-refractivity contribution in [3.63, 3.8) is 0 Å². The van der Waals surface area contributed by atoms with Crippen LogP contribution in [0.1, 0.15) is 54.5 Å². The maximum atomic E-state index is 13.7. The number of piperazine rings is 1. The van der Waals surface area contributed by atoms with Crippen molar-refractivity contribution in [2.75, 3.05) is 46.4 Å². The number of allylic oxidation sites excluding steroid dienone is 2. The summed E-state index contributed by atoms with van der Waals surface area (Å²) >= 11 is 6.17. The molecule has 2 atom stereocenters. The number of alkyl halides is 3. The average Bonchev–Trinajstić information content (AvgIpc) is 3.07. The molecule has 0 aromatic heterocycles. The van der Waals surface area contributed by atoms with Crippen molar-refractivity contribution in [3.8, 4) is 0 Å². The number of nitrogens with zero attached hydrogens (tertiary/aromatic N) is 2. The lowest BCUT2D eigenvalue weighted by molar-refractivity contribution is -0.137. The van der Waals surface area contributed by atoms with Crippen LogP contribution in [0.4, 0.5) is 13.2 Å². The van der Waals surface area contributed by atoms with Crippen molar-refractivity contribution in [1.82, 2.24) is 20.4 Å². The highest BCUT2D eigenvalue weighted by atomic mass is 35.5. The molecule has 5 rings (SSSR count). The molecule has 11 heteroatoms. The van der Waals surface area contributed by atoms with Crippen LogP contribution in [0.2, 0.25) is 5.02 Å². The minimum absolute atomic E-state index is 0.0952. The van der Waals surface area contributed by atoms with E-state index >= 15 is 0 Å². The fourth-order valence-corrected chi connectivity index (χ4v) is 6.77. The predicted molar refractivity (Wildman–Crippen MR) is 180 cm³/mol. The number of esters is 1. The highest BCUT2D eigenvalue weighted by molar-refractivity contribution is 6.30. The molecule has 1 amide bonds. The van der Waals surface area contributed by atoms with E-state index < -0.39 is 29.5 Å². The molecule has 0 spiro atoms. The first-order valence-corrected chi connectivity index (χ1v) is 16.3. The second-order valence-electron chi connectivity index (χ2n) is 12.1. The Morgan fingerprint density at radius 3 is 2.21 bits per heavy atom. The maximum absolute atomic E-state index is 13.7. The number of hydrogen-bond acceptors (Lipinski definition) is 6. The van der Waals surface area contributed by atoms with Gasteiger partial charge < -0.3 is 20.3 Å². The van der Waals surface area contributed by atoms with Gasteiger partial charge in [-0.25, -0.2) is 4.79 Å². The topological polar surface area (TPSA) is 73.9 Å². The molecule has 0 saturated carbocycles. The van der Waals surface area contributed by atoms with Crippen LogP contribution < -0.4 is 10.6 Å². The number of amides is 1. The first kappa shape index (κ1) is 35.2. The van der Waals surface area contributed by atoms with Crippen LogP contribution in [0, 0.1) is 0 Å². The summed E-state index contributed by atoms with van der Waals surface area (Å²) in [5.74, 6) is -2.20. The van der Waals surface area contributed by atoms with Gasteiger partial charge in [0.05, 0.1) is 30.2 Å². The SMILES string of the molecule is COC(=O)C1=C(C)NC(C)=C(C(=O)NCCCN2CCN(C(c3ccccc3)c3ccc(Cl)cc3)CC2)C1c1cccc(C(F)(F)F)c1. The number of carbonyl (C=O) groups excluding carboxylic acids is 2. The Morgan fingerprint density at radius 2 is 1.56 bits per heavy atom. The van der Waals surface area contributed by atoms with Gasteiger partial charge >= 0.3 is 12.1 Å². The molecule has 2 heterocycles. The van der Waals surface area contributed by atoms with Gasteiger partial charge in [0.2, 0.25) is 5.91 Å². The van der Waals surface area contributed by atoms with Crippen molar-refractivity contribution in [2.45, 2.75) is 38.4 Å². The third-order valence-corrected chi connectivity index (χ3v) is 9.22. The predicted octanol–water partition coefficient (Wildman–Crippen LogP) is 6.68. The molecule has 2 aliphatic rings. The minimum atomic E-state index is -4.59. The molecule has 254 valence electrons. The average molecular weight is 681 g/mol. The lowest BCUT2D eigenvalue weighted by Crippen LogP contribution is -2.48. The zero-order valence-electron chi connectivity index (χ0n) is 27.2. The van der Waals surface area contributed by atoms with E-state index in [0.717, 1.165) is 44.9 Å². The monoisotopic (exact) mass is 680 g/mol. The van der Waals surface area contributed by atoms with Crippen LogP contribution in [0.3, 0.4) is 0 Å². The quantitative estimate of drug-likeness (QED) is 0.184. The molecule has 3 aromatic rings. The van der Waals surface area contributed by atoms with Gasteiger partial charge in [-0.05, 0) is 61.7 Å². The van der Waals surface area contributed by atoms with Crippen molar-refractivity contribution < 1.29 is 27.5 Å². The number of rotatable bonds is 10. The van der Waals surface area contributed by atoms with E-state index in [2.05, 4.69) is 56.8 Å². The lowest BCUT2D eigenvalue weighted by Gasteiger charge is -2.40. The number of benzene rings is 3. The van der Waals surface area contributed by atoms with Gasteiger partial charge in [-0.1, -0.05) is 72.3 Å². The fourth-order valence-electron chi connectivity index (χ4n) is 6.64. The summed E-state index contributed by atoms with van der Waals surface area (Å²) in [5, 5.41) is 6.71. The summed E-state index contributed by atoms with van der Waals surface area (Å²) in [7, 11) is 1.20.